The standard InChI is InChI=1S/C14H20BrFN2/c1-10(13-7-12(15)3-4-14(13)16)18-6-5-11(9-18)8-17-2/h3-4,7,10-11,17H,5-6,8-9H2,1-2H3. The molecule has 0 amide bonds. The first-order valence-electron chi connectivity index (χ1n) is 6.45. The smallest absolute Gasteiger partial charge is 0.128 e. The summed E-state index contributed by atoms with van der Waals surface area (Å²) < 4.78 is 14.8. The first-order valence-corrected chi connectivity index (χ1v) is 7.24. The third-order valence-electron chi connectivity index (χ3n) is 3.77. The van der Waals surface area contributed by atoms with Crippen LogP contribution < -0.4 is 5.32 Å². The van der Waals surface area contributed by atoms with Gasteiger partial charge in [-0.3, -0.25) is 4.90 Å². The lowest BCUT2D eigenvalue weighted by molar-refractivity contribution is 0.247. The molecule has 18 heavy (non-hydrogen) atoms. The van der Waals surface area contributed by atoms with Gasteiger partial charge in [-0.2, -0.15) is 0 Å². The van der Waals surface area contributed by atoms with Crippen molar-refractivity contribution in [2.45, 2.75) is 19.4 Å². The first kappa shape index (κ1) is 14.0. The van der Waals surface area contributed by atoms with E-state index in [1.54, 1.807) is 6.07 Å². The third kappa shape index (κ3) is 3.11. The molecule has 2 rings (SSSR count). The van der Waals surface area contributed by atoms with Crippen LogP contribution in [0.25, 0.3) is 0 Å². The summed E-state index contributed by atoms with van der Waals surface area (Å²) in [4.78, 5) is 2.37. The molecule has 100 valence electrons. The summed E-state index contributed by atoms with van der Waals surface area (Å²) >= 11 is 3.41. The Balaban J connectivity index is 2.07. The van der Waals surface area contributed by atoms with E-state index < -0.39 is 0 Å². The fraction of sp³-hybridized carbons (Fsp3) is 0.571. The minimum atomic E-state index is -0.109. The average molecular weight is 315 g/mol. The van der Waals surface area contributed by atoms with E-state index in [-0.39, 0.29) is 11.9 Å². The maximum Gasteiger partial charge on any atom is 0.128 e. The van der Waals surface area contributed by atoms with Crippen LogP contribution in [0, 0.1) is 11.7 Å². The summed E-state index contributed by atoms with van der Waals surface area (Å²) in [5.74, 6) is 0.579. The molecule has 4 heteroatoms. The van der Waals surface area contributed by atoms with E-state index in [4.69, 9.17) is 0 Å². The van der Waals surface area contributed by atoms with Crippen molar-refractivity contribution in [3.8, 4) is 0 Å². The van der Waals surface area contributed by atoms with Crippen molar-refractivity contribution in [1.82, 2.24) is 10.2 Å². The quantitative estimate of drug-likeness (QED) is 0.918. The van der Waals surface area contributed by atoms with E-state index in [0.29, 0.717) is 5.92 Å². The molecule has 1 saturated heterocycles. The zero-order valence-corrected chi connectivity index (χ0v) is 12.5. The van der Waals surface area contributed by atoms with E-state index in [9.17, 15) is 4.39 Å². The molecule has 1 heterocycles. The topological polar surface area (TPSA) is 15.3 Å². The minimum Gasteiger partial charge on any atom is -0.319 e. The number of halogens is 2. The van der Waals surface area contributed by atoms with Crippen LogP contribution in [-0.2, 0) is 0 Å². The lowest BCUT2D eigenvalue weighted by Gasteiger charge is -2.25. The maximum atomic E-state index is 13.9. The Kier molecular flexibility index (Phi) is 4.76. The number of hydrogen-bond acceptors (Lipinski definition) is 2. The molecule has 0 radical (unpaired) electrons. The van der Waals surface area contributed by atoms with Crippen molar-refractivity contribution in [3.05, 3.63) is 34.1 Å². The average Bonchev–Trinajstić information content (AvgIpc) is 2.80. The van der Waals surface area contributed by atoms with Gasteiger partial charge in [-0.1, -0.05) is 15.9 Å². The monoisotopic (exact) mass is 314 g/mol. The van der Waals surface area contributed by atoms with Crippen molar-refractivity contribution in [2.75, 3.05) is 26.7 Å². The van der Waals surface area contributed by atoms with E-state index in [0.717, 1.165) is 29.7 Å². The van der Waals surface area contributed by atoms with Gasteiger partial charge in [0.1, 0.15) is 5.82 Å². The summed E-state index contributed by atoms with van der Waals surface area (Å²) in [7, 11) is 1.99. The second-order valence-corrected chi connectivity index (χ2v) is 5.96. The number of nitrogens with zero attached hydrogens (tertiary/aromatic N) is 1. The normalized spacial score (nSPS) is 22.3. The highest BCUT2D eigenvalue weighted by Gasteiger charge is 2.27. The molecule has 1 fully saturated rings. The van der Waals surface area contributed by atoms with Gasteiger partial charge in [0.05, 0.1) is 0 Å². The van der Waals surface area contributed by atoms with Crippen molar-refractivity contribution in [1.29, 1.82) is 0 Å². The van der Waals surface area contributed by atoms with Crippen molar-refractivity contribution < 1.29 is 4.39 Å². The Morgan fingerprint density at radius 2 is 2.33 bits per heavy atom. The highest BCUT2D eigenvalue weighted by Crippen LogP contribution is 2.30. The molecule has 2 atom stereocenters. The van der Waals surface area contributed by atoms with E-state index in [1.807, 2.05) is 13.1 Å². The molecule has 1 aromatic rings. The van der Waals surface area contributed by atoms with Crippen LogP contribution in [0.5, 0.6) is 0 Å². The number of rotatable bonds is 4. The van der Waals surface area contributed by atoms with Gasteiger partial charge < -0.3 is 5.32 Å². The lowest BCUT2D eigenvalue weighted by atomic mass is 10.1. The molecule has 2 nitrogen and oxygen atoms in total. The summed E-state index contributed by atoms with van der Waals surface area (Å²) in [6.07, 6.45) is 1.20. The molecule has 0 saturated carbocycles. The third-order valence-corrected chi connectivity index (χ3v) is 4.26. The zero-order valence-electron chi connectivity index (χ0n) is 10.9. The molecular formula is C14H20BrFN2. The van der Waals surface area contributed by atoms with E-state index >= 15 is 0 Å². The zero-order chi connectivity index (χ0) is 13.1. The van der Waals surface area contributed by atoms with Crippen molar-refractivity contribution in [3.63, 3.8) is 0 Å². The Morgan fingerprint density at radius 3 is 3.06 bits per heavy atom. The van der Waals surface area contributed by atoms with Crippen LogP contribution in [-0.4, -0.2) is 31.6 Å². The highest BCUT2D eigenvalue weighted by atomic mass is 79.9. The van der Waals surface area contributed by atoms with Gasteiger partial charge in [0, 0.05) is 22.6 Å². The Bertz CT molecular complexity index is 411. The maximum absolute atomic E-state index is 13.9. The van der Waals surface area contributed by atoms with Gasteiger partial charge in [-0.15, -0.1) is 0 Å². The van der Waals surface area contributed by atoms with Gasteiger partial charge in [-0.25, -0.2) is 4.39 Å². The second-order valence-electron chi connectivity index (χ2n) is 5.05. The Hall–Kier alpha value is -0.450. The van der Waals surface area contributed by atoms with Crippen LogP contribution in [0.3, 0.4) is 0 Å². The molecule has 1 aliphatic rings. The molecule has 0 aliphatic carbocycles. The molecular weight excluding hydrogens is 295 g/mol. The largest absolute Gasteiger partial charge is 0.319 e. The molecule has 1 aromatic carbocycles. The second kappa shape index (κ2) is 6.13. The first-order chi connectivity index (χ1) is 8.61. The van der Waals surface area contributed by atoms with Crippen LogP contribution in [0.15, 0.2) is 22.7 Å². The van der Waals surface area contributed by atoms with Crippen LogP contribution in [0.4, 0.5) is 4.39 Å². The van der Waals surface area contributed by atoms with Crippen LogP contribution in [0.1, 0.15) is 24.9 Å². The molecule has 0 spiro atoms. The van der Waals surface area contributed by atoms with Crippen LogP contribution >= 0.6 is 15.9 Å². The number of hydrogen-bond donors (Lipinski definition) is 1. The molecule has 2 unspecified atom stereocenters. The van der Waals surface area contributed by atoms with Gasteiger partial charge in [0.2, 0.25) is 0 Å². The minimum absolute atomic E-state index is 0.109. The summed E-state index contributed by atoms with van der Waals surface area (Å²) in [5.41, 5.74) is 0.787. The molecule has 0 bridgehead atoms. The number of benzene rings is 1. The van der Waals surface area contributed by atoms with Crippen molar-refractivity contribution >= 4 is 15.9 Å². The Labute approximate surface area is 117 Å². The van der Waals surface area contributed by atoms with Crippen LogP contribution in [0.2, 0.25) is 0 Å². The van der Waals surface area contributed by atoms with Crippen molar-refractivity contribution in [2.24, 2.45) is 5.92 Å². The van der Waals surface area contributed by atoms with Gasteiger partial charge in [0.25, 0.3) is 0 Å². The SMILES string of the molecule is CNCC1CCN(C(C)c2cc(Br)ccc2F)C1. The predicted molar refractivity (Wildman–Crippen MR) is 76.1 cm³/mol. The molecule has 0 aromatic heterocycles. The summed E-state index contributed by atoms with van der Waals surface area (Å²) in [6.45, 7) is 5.24. The number of likely N-dealkylation sites (tertiary alicyclic amines) is 1. The fourth-order valence-electron chi connectivity index (χ4n) is 2.70. The van der Waals surface area contributed by atoms with Gasteiger partial charge >= 0.3 is 0 Å². The van der Waals surface area contributed by atoms with Gasteiger partial charge in [0.15, 0.2) is 0 Å². The van der Waals surface area contributed by atoms with E-state index in [2.05, 4.69) is 33.1 Å². The number of nitrogens with one attached hydrogen (secondary N) is 1. The predicted octanol–water partition coefficient (Wildman–Crippen LogP) is 3.19. The Morgan fingerprint density at radius 1 is 1.56 bits per heavy atom. The van der Waals surface area contributed by atoms with E-state index in [1.165, 1.54) is 12.5 Å². The fourth-order valence-corrected chi connectivity index (χ4v) is 3.08. The molecule has 1 aliphatic heterocycles. The summed E-state index contributed by atoms with van der Waals surface area (Å²) in [6, 6.07) is 5.33. The lowest BCUT2D eigenvalue weighted by Crippen LogP contribution is -2.27. The van der Waals surface area contributed by atoms with Gasteiger partial charge in [-0.05, 0) is 57.6 Å². The molecule has 1 N–H and O–H groups in total. The highest BCUT2D eigenvalue weighted by molar-refractivity contribution is 9.10. The summed E-state index contributed by atoms with van der Waals surface area (Å²) in [5, 5.41) is 3.22.